The van der Waals surface area contributed by atoms with Crippen LogP contribution in [0.25, 0.3) is 10.9 Å². The van der Waals surface area contributed by atoms with Crippen LogP contribution in [0.3, 0.4) is 0 Å². The Hall–Kier alpha value is -1.85. The molecule has 1 heterocycles. The van der Waals surface area contributed by atoms with Crippen molar-refractivity contribution < 1.29 is 9.90 Å². The number of rotatable bonds is 3. The van der Waals surface area contributed by atoms with Crippen LogP contribution in [-0.2, 0) is 11.2 Å². The average Bonchev–Trinajstić information content (AvgIpc) is 2.74. The third kappa shape index (κ3) is 3.58. The highest BCUT2D eigenvalue weighted by Gasteiger charge is 2.14. The first-order valence-electron chi connectivity index (χ1n) is 5.83. The number of aromatic nitrogens is 1. The minimum Gasteiger partial charge on any atom is -0.480 e. The lowest BCUT2D eigenvalue weighted by Crippen LogP contribution is -2.32. The molecule has 1 atom stereocenters. The Balaban J connectivity index is 0.000000492. The summed E-state index contributed by atoms with van der Waals surface area (Å²) in [5.41, 5.74) is 12.3. The second-order valence-corrected chi connectivity index (χ2v) is 3.92. The Morgan fingerprint density at radius 3 is 2.67 bits per heavy atom. The highest BCUT2D eigenvalue weighted by atomic mass is 16.4. The van der Waals surface area contributed by atoms with E-state index in [4.69, 9.17) is 16.6 Å². The molecule has 0 unspecified atom stereocenters. The fraction of sp³-hybridized carbons (Fsp3) is 0.308. The van der Waals surface area contributed by atoms with Crippen LogP contribution < -0.4 is 11.5 Å². The van der Waals surface area contributed by atoms with Crippen molar-refractivity contribution in [3.05, 3.63) is 36.0 Å². The van der Waals surface area contributed by atoms with Crippen molar-refractivity contribution in [2.24, 2.45) is 11.5 Å². The summed E-state index contributed by atoms with van der Waals surface area (Å²) in [5.74, 6) is -0.972. The van der Waals surface area contributed by atoms with E-state index in [9.17, 15) is 4.79 Å². The molecular formula is C13H19N3O2. The molecule has 0 aliphatic heterocycles. The topological polar surface area (TPSA) is 105 Å². The first-order chi connectivity index (χ1) is 8.60. The molecule has 0 fully saturated rings. The second-order valence-electron chi connectivity index (χ2n) is 3.92. The molecule has 0 aliphatic carbocycles. The van der Waals surface area contributed by atoms with Crippen LogP contribution in [-0.4, -0.2) is 28.6 Å². The number of hydrogen-bond acceptors (Lipinski definition) is 3. The maximum Gasteiger partial charge on any atom is 0.320 e. The van der Waals surface area contributed by atoms with Crippen molar-refractivity contribution in [2.75, 3.05) is 6.54 Å². The predicted octanol–water partition coefficient (Wildman–Crippen LogP) is 1.09. The van der Waals surface area contributed by atoms with Crippen molar-refractivity contribution in [3.63, 3.8) is 0 Å². The van der Waals surface area contributed by atoms with Gasteiger partial charge in [-0.1, -0.05) is 25.1 Å². The van der Waals surface area contributed by atoms with Gasteiger partial charge in [-0.3, -0.25) is 4.79 Å². The molecule has 0 bridgehead atoms. The Kier molecular flexibility index (Phi) is 5.35. The minimum absolute atomic E-state index is 0.347. The number of aromatic amines is 1. The highest BCUT2D eigenvalue weighted by molar-refractivity contribution is 5.84. The second kappa shape index (κ2) is 6.78. The normalized spacial score (nSPS) is 11.7. The summed E-state index contributed by atoms with van der Waals surface area (Å²) < 4.78 is 0. The first-order valence-corrected chi connectivity index (χ1v) is 5.83. The largest absolute Gasteiger partial charge is 0.480 e. The molecule has 0 aliphatic rings. The van der Waals surface area contributed by atoms with Crippen LogP contribution in [0, 0.1) is 0 Å². The summed E-state index contributed by atoms with van der Waals surface area (Å²) in [4.78, 5) is 13.7. The number of nitrogens with two attached hydrogens (primary N) is 2. The molecule has 2 aromatic rings. The van der Waals surface area contributed by atoms with Gasteiger partial charge in [-0.15, -0.1) is 0 Å². The zero-order chi connectivity index (χ0) is 13.5. The summed E-state index contributed by atoms with van der Waals surface area (Å²) >= 11 is 0. The molecule has 0 spiro atoms. The number of aliphatic carboxylic acids is 1. The number of carboxylic acids is 1. The smallest absolute Gasteiger partial charge is 0.320 e. The zero-order valence-electron chi connectivity index (χ0n) is 10.4. The van der Waals surface area contributed by atoms with Crippen molar-refractivity contribution >= 4 is 16.9 Å². The summed E-state index contributed by atoms with van der Waals surface area (Å²) in [6.45, 7) is 2.65. The van der Waals surface area contributed by atoms with Gasteiger partial charge in [0.1, 0.15) is 6.04 Å². The van der Waals surface area contributed by atoms with E-state index < -0.39 is 12.0 Å². The maximum absolute atomic E-state index is 10.6. The lowest BCUT2D eigenvalue weighted by atomic mass is 10.1. The molecule has 0 saturated heterocycles. The number of benzene rings is 1. The van der Waals surface area contributed by atoms with Gasteiger partial charge >= 0.3 is 5.97 Å². The Morgan fingerprint density at radius 2 is 2.06 bits per heavy atom. The van der Waals surface area contributed by atoms with Gasteiger partial charge in [0.2, 0.25) is 0 Å². The molecule has 6 N–H and O–H groups in total. The lowest BCUT2D eigenvalue weighted by Gasteiger charge is -2.04. The third-order valence-electron chi connectivity index (χ3n) is 2.43. The average molecular weight is 249 g/mol. The van der Waals surface area contributed by atoms with E-state index in [0.717, 1.165) is 23.0 Å². The van der Waals surface area contributed by atoms with Crippen LogP contribution in [0.1, 0.15) is 12.5 Å². The molecule has 5 heteroatoms. The number of nitrogens with one attached hydrogen (secondary N) is 1. The van der Waals surface area contributed by atoms with E-state index in [1.54, 1.807) is 0 Å². The summed E-state index contributed by atoms with van der Waals surface area (Å²) in [7, 11) is 0. The lowest BCUT2D eigenvalue weighted by molar-refractivity contribution is -0.138. The molecule has 98 valence electrons. The molecule has 1 aromatic heterocycles. The van der Waals surface area contributed by atoms with Crippen molar-refractivity contribution in [1.29, 1.82) is 0 Å². The zero-order valence-corrected chi connectivity index (χ0v) is 10.4. The van der Waals surface area contributed by atoms with E-state index in [0.29, 0.717) is 6.42 Å². The van der Waals surface area contributed by atoms with Crippen LogP contribution in [0.5, 0.6) is 0 Å². The molecule has 0 radical (unpaired) electrons. The van der Waals surface area contributed by atoms with Crippen LogP contribution in [0.4, 0.5) is 0 Å². The third-order valence-corrected chi connectivity index (χ3v) is 2.43. The van der Waals surface area contributed by atoms with Crippen LogP contribution in [0.15, 0.2) is 30.5 Å². The first kappa shape index (κ1) is 14.2. The monoisotopic (exact) mass is 249 g/mol. The van der Waals surface area contributed by atoms with Gasteiger partial charge in [-0.05, 0) is 18.2 Å². The Bertz CT molecular complexity index is 508. The van der Waals surface area contributed by atoms with E-state index in [2.05, 4.69) is 4.98 Å². The molecule has 0 saturated carbocycles. The van der Waals surface area contributed by atoms with Crippen molar-refractivity contribution in [2.45, 2.75) is 19.4 Å². The quantitative estimate of drug-likeness (QED) is 0.653. The standard InChI is InChI=1S/C11H12N2O2.C2H7N/c12-9(11(14)15)5-7-6-13-10-4-2-1-3-8(7)10;1-2-3/h1-4,6,9,13H,5,12H2,(H,14,15);2-3H2,1H3/t9-;/m0./s1. The summed E-state index contributed by atoms with van der Waals surface area (Å²) in [6.07, 6.45) is 2.16. The van der Waals surface area contributed by atoms with E-state index >= 15 is 0 Å². The van der Waals surface area contributed by atoms with Gasteiger partial charge in [-0.25, -0.2) is 0 Å². The number of fused-ring (bicyclic) bond motifs is 1. The molecule has 0 amide bonds. The number of hydrogen-bond donors (Lipinski definition) is 4. The SMILES string of the molecule is CCN.N[C@@H](Cc1c[nH]c2ccccc12)C(=O)O. The van der Waals surface area contributed by atoms with Gasteiger partial charge in [0.25, 0.3) is 0 Å². The Labute approximate surface area is 106 Å². The predicted molar refractivity (Wildman–Crippen MR) is 72.3 cm³/mol. The van der Waals surface area contributed by atoms with Gasteiger partial charge in [0, 0.05) is 23.5 Å². The molecule has 5 nitrogen and oxygen atoms in total. The van der Waals surface area contributed by atoms with Gasteiger partial charge in [0.15, 0.2) is 0 Å². The highest BCUT2D eigenvalue weighted by Crippen LogP contribution is 2.18. The van der Waals surface area contributed by atoms with Crippen molar-refractivity contribution in [3.8, 4) is 0 Å². The van der Waals surface area contributed by atoms with E-state index in [-0.39, 0.29) is 0 Å². The van der Waals surface area contributed by atoms with Crippen LogP contribution >= 0.6 is 0 Å². The fourth-order valence-corrected chi connectivity index (χ4v) is 1.62. The number of carboxylic acid groups (broad SMARTS) is 1. The molecule has 2 rings (SSSR count). The Morgan fingerprint density at radius 1 is 1.44 bits per heavy atom. The van der Waals surface area contributed by atoms with Gasteiger partial charge < -0.3 is 21.6 Å². The summed E-state index contributed by atoms with van der Waals surface area (Å²) in [6, 6.07) is 6.91. The molecule has 1 aromatic carbocycles. The number of carbonyl (C=O) groups is 1. The summed E-state index contributed by atoms with van der Waals surface area (Å²) in [5, 5.41) is 9.75. The maximum atomic E-state index is 10.6. The van der Waals surface area contributed by atoms with Crippen LogP contribution in [0.2, 0.25) is 0 Å². The molecular weight excluding hydrogens is 230 g/mol. The van der Waals surface area contributed by atoms with Crippen molar-refractivity contribution in [1.82, 2.24) is 4.98 Å². The van der Waals surface area contributed by atoms with E-state index in [1.165, 1.54) is 0 Å². The van der Waals surface area contributed by atoms with Gasteiger partial charge in [0.05, 0.1) is 0 Å². The number of H-pyrrole nitrogens is 1. The number of para-hydroxylation sites is 1. The minimum atomic E-state index is -0.972. The van der Waals surface area contributed by atoms with E-state index in [1.807, 2.05) is 37.4 Å². The fourth-order valence-electron chi connectivity index (χ4n) is 1.62. The van der Waals surface area contributed by atoms with Gasteiger partial charge in [-0.2, -0.15) is 0 Å². The molecule has 18 heavy (non-hydrogen) atoms.